The second-order valence-corrected chi connectivity index (χ2v) is 11.1. The molecule has 0 fully saturated rings. The number of unbranched alkanes of at least 4 members (excludes halogenated alkanes) is 5. The first-order chi connectivity index (χ1) is 17.3. The predicted molar refractivity (Wildman–Crippen MR) is 140 cm³/mol. The van der Waals surface area contributed by atoms with Crippen molar-refractivity contribution in [2.24, 2.45) is 0 Å². The minimum atomic E-state index is -4.57. The fraction of sp³-hybridized carbons (Fsp3) is 0.500. The highest BCUT2D eigenvalue weighted by Crippen LogP contribution is 2.36. The lowest BCUT2D eigenvalue weighted by Gasteiger charge is -2.14. The van der Waals surface area contributed by atoms with Gasteiger partial charge in [-0.1, -0.05) is 62.9 Å². The summed E-state index contributed by atoms with van der Waals surface area (Å²) in [6, 6.07) is 4.90. The van der Waals surface area contributed by atoms with E-state index in [2.05, 4.69) is 12.2 Å². The van der Waals surface area contributed by atoms with Crippen LogP contribution in [0, 0.1) is 0 Å². The molecule has 1 amide bonds. The summed E-state index contributed by atoms with van der Waals surface area (Å²) in [7, 11) is 0. The van der Waals surface area contributed by atoms with E-state index < -0.39 is 17.6 Å². The quantitative estimate of drug-likeness (QED) is 0.162. The average molecular weight is 538 g/mol. The number of halogens is 3. The molecule has 194 valence electrons. The number of carbonyl (C=O) groups is 1. The fourth-order valence-corrected chi connectivity index (χ4v) is 6.70. The van der Waals surface area contributed by atoms with Crippen LogP contribution in [0.25, 0.3) is 10.2 Å². The molecule has 1 aliphatic carbocycles. The SMILES string of the molecule is CCCCCCCCn1c(SCC(=O)Nc2ccccc2C(F)(F)F)nc2sc3c(c2c1=O)CCC3. The molecule has 36 heavy (non-hydrogen) atoms. The Kier molecular flexibility index (Phi) is 8.77. The molecule has 0 saturated carbocycles. The van der Waals surface area contributed by atoms with Gasteiger partial charge in [0.25, 0.3) is 5.56 Å². The maximum atomic E-state index is 13.5. The number of amides is 1. The van der Waals surface area contributed by atoms with E-state index >= 15 is 0 Å². The van der Waals surface area contributed by atoms with Crippen LogP contribution in [0.5, 0.6) is 0 Å². The minimum absolute atomic E-state index is 0.0710. The van der Waals surface area contributed by atoms with Crippen LogP contribution in [0.15, 0.2) is 34.2 Å². The molecule has 5 nitrogen and oxygen atoms in total. The van der Waals surface area contributed by atoms with E-state index in [1.165, 1.54) is 53.7 Å². The number of para-hydroxylation sites is 1. The number of hydrogen-bond acceptors (Lipinski definition) is 5. The molecule has 2 aromatic heterocycles. The molecule has 3 aromatic rings. The molecule has 0 spiro atoms. The van der Waals surface area contributed by atoms with E-state index in [0.717, 1.165) is 61.9 Å². The van der Waals surface area contributed by atoms with Gasteiger partial charge in [-0.2, -0.15) is 13.2 Å². The average Bonchev–Trinajstić information content (AvgIpc) is 3.42. The van der Waals surface area contributed by atoms with E-state index in [-0.39, 0.29) is 17.0 Å². The normalized spacial score (nSPS) is 13.3. The number of alkyl halides is 3. The number of thioether (sulfide) groups is 1. The van der Waals surface area contributed by atoms with Crippen LogP contribution in [0.4, 0.5) is 18.9 Å². The largest absolute Gasteiger partial charge is 0.418 e. The van der Waals surface area contributed by atoms with Gasteiger partial charge in [0.1, 0.15) is 4.83 Å². The lowest BCUT2D eigenvalue weighted by Crippen LogP contribution is -2.24. The van der Waals surface area contributed by atoms with Gasteiger partial charge in [0.2, 0.25) is 5.91 Å². The molecule has 0 atom stereocenters. The first-order valence-corrected chi connectivity index (χ1v) is 14.2. The Morgan fingerprint density at radius 1 is 1.14 bits per heavy atom. The van der Waals surface area contributed by atoms with Crippen molar-refractivity contribution in [3.05, 3.63) is 50.6 Å². The Bertz CT molecular complexity index is 1280. The molecule has 1 N–H and O–H groups in total. The molecule has 10 heteroatoms. The van der Waals surface area contributed by atoms with E-state index in [1.807, 2.05) is 0 Å². The highest BCUT2D eigenvalue weighted by molar-refractivity contribution is 7.99. The number of benzene rings is 1. The second-order valence-electron chi connectivity index (χ2n) is 9.04. The molecule has 1 aliphatic rings. The number of thiophene rings is 1. The number of nitrogens with zero attached hydrogens (tertiary/aromatic N) is 2. The highest BCUT2D eigenvalue weighted by Gasteiger charge is 2.33. The summed E-state index contributed by atoms with van der Waals surface area (Å²) in [5.41, 5.74) is -0.130. The Balaban J connectivity index is 1.52. The lowest BCUT2D eigenvalue weighted by molar-refractivity contribution is -0.137. The first kappa shape index (κ1) is 26.7. The van der Waals surface area contributed by atoms with Crippen molar-refractivity contribution >= 4 is 44.9 Å². The third-order valence-corrected chi connectivity index (χ3v) is 8.53. The summed E-state index contributed by atoms with van der Waals surface area (Å²) in [4.78, 5) is 32.8. The molecule has 0 radical (unpaired) electrons. The number of carbonyl (C=O) groups excluding carboxylic acids is 1. The fourth-order valence-electron chi connectivity index (χ4n) is 4.57. The van der Waals surface area contributed by atoms with Gasteiger partial charge in [-0.05, 0) is 43.4 Å². The molecule has 0 saturated heterocycles. The Morgan fingerprint density at radius 3 is 2.67 bits per heavy atom. The topological polar surface area (TPSA) is 64.0 Å². The molecule has 0 aliphatic heterocycles. The first-order valence-electron chi connectivity index (χ1n) is 12.4. The minimum Gasteiger partial charge on any atom is -0.325 e. The Labute approximate surface area is 216 Å². The summed E-state index contributed by atoms with van der Waals surface area (Å²) >= 11 is 2.63. The van der Waals surface area contributed by atoms with Crippen LogP contribution in [-0.2, 0) is 30.4 Å². The van der Waals surface area contributed by atoms with Crippen molar-refractivity contribution in [1.29, 1.82) is 0 Å². The number of hydrogen-bond donors (Lipinski definition) is 1. The van der Waals surface area contributed by atoms with Crippen molar-refractivity contribution < 1.29 is 18.0 Å². The molecule has 2 heterocycles. The van der Waals surface area contributed by atoms with E-state index in [1.54, 1.807) is 4.57 Å². The van der Waals surface area contributed by atoms with Gasteiger partial charge in [0, 0.05) is 11.4 Å². The van der Waals surface area contributed by atoms with Crippen LogP contribution >= 0.6 is 23.1 Å². The van der Waals surface area contributed by atoms with Gasteiger partial charge in [0.15, 0.2) is 5.16 Å². The second kappa shape index (κ2) is 11.8. The lowest BCUT2D eigenvalue weighted by atomic mass is 10.1. The number of rotatable bonds is 11. The van der Waals surface area contributed by atoms with Crippen molar-refractivity contribution in [2.75, 3.05) is 11.1 Å². The molecular weight excluding hydrogens is 507 g/mol. The number of aromatic nitrogens is 2. The molecule has 0 bridgehead atoms. The van der Waals surface area contributed by atoms with Crippen LogP contribution < -0.4 is 10.9 Å². The molecule has 4 rings (SSSR count). The molecular formula is C26H30F3N3O2S2. The maximum Gasteiger partial charge on any atom is 0.418 e. The standard InChI is InChI=1S/C26H30F3N3O2S2/c1-2-3-4-5-6-9-15-32-24(34)22-17-11-10-14-20(17)36-23(22)31-25(32)35-16-21(33)30-19-13-8-7-12-18(19)26(27,28)29/h7-8,12-13H,2-6,9-11,14-16H2,1H3,(H,30,33). The maximum absolute atomic E-state index is 13.5. The van der Waals surface area contributed by atoms with Crippen molar-refractivity contribution in [3.8, 4) is 0 Å². The van der Waals surface area contributed by atoms with Gasteiger partial charge < -0.3 is 5.32 Å². The van der Waals surface area contributed by atoms with Crippen LogP contribution in [0.2, 0.25) is 0 Å². The van der Waals surface area contributed by atoms with E-state index in [0.29, 0.717) is 21.9 Å². The number of aryl methyl sites for hydroxylation is 2. The number of fused-ring (bicyclic) bond motifs is 3. The van der Waals surface area contributed by atoms with E-state index in [9.17, 15) is 22.8 Å². The third kappa shape index (κ3) is 6.14. The van der Waals surface area contributed by atoms with Crippen LogP contribution in [0.1, 0.15) is 67.9 Å². The summed E-state index contributed by atoms with van der Waals surface area (Å²) in [6.07, 6.45) is 4.80. The van der Waals surface area contributed by atoms with Crippen molar-refractivity contribution in [3.63, 3.8) is 0 Å². The van der Waals surface area contributed by atoms with Crippen LogP contribution in [-0.4, -0.2) is 21.2 Å². The van der Waals surface area contributed by atoms with Gasteiger partial charge in [-0.3, -0.25) is 14.2 Å². The highest BCUT2D eigenvalue weighted by atomic mass is 32.2. The van der Waals surface area contributed by atoms with Crippen molar-refractivity contribution in [1.82, 2.24) is 9.55 Å². The summed E-state index contributed by atoms with van der Waals surface area (Å²) in [5.74, 6) is -0.725. The monoisotopic (exact) mass is 537 g/mol. The summed E-state index contributed by atoms with van der Waals surface area (Å²) in [5, 5.41) is 3.51. The summed E-state index contributed by atoms with van der Waals surface area (Å²) < 4.78 is 41.5. The zero-order valence-electron chi connectivity index (χ0n) is 20.2. The van der Waals surface area contributed by atoms with Gasteiger partial charge in [0.05, 0.1) is 22.4 Å². The third-order valence-electron chi connectivity index (χ3n) is 6.36. The zero-order chi connectivity index (χ0) is 25.7. The van der Waals surface area contributed by atoms with Gasteiger partial charge in [-0.15, -0.1) is 11.3 Å². The number of nitrogens with one attached hydrogen (secondary N) is 1. The molecule has 1 aromatic carbocycles. The Morgan fingerprint density at radius 2 is 1.89 bits per heavy atom. The van der Waals surface area contributed by atoms with Crippen molar-refractivity contribution in [2.45, 2.75) is 82.6 Å². The van der Waals surface area contributed by atoms with Gasteiger partial charge >= 0.3 is 6.18 Å². The zero-order valence-corrected chi connectivity index (χ0v) is 21.9. The van der Waals surface area contributed by atoms with E-state index in [4.69, 9.17) is 4.98 Å². The number of anilines is 1. The molecule has 0 unspecified atom stereocenters. The smallest absolute Gasteiger partial charge is 0.325 e. The Hall–Kier alpha value is -2.33. The van der Waals surface area contributed by atoms with Gasteiger partial charge in [-0.25, -0.2) is 4.98 Å². The predicted octanol–water partition coefficient (Wildman–Crippen LogP) is 7.06. The summed E-state index contributed by atoms with van der Waals surface area (Å²) in [6.45, 7) is 2.68. The van der Waals surface area contributed by atoms with Crippen LogP contribution in [0.3, 0.4) is 0 Å².